The fourth-order valence-corrected chi connectivity index (χ4v) is 2.39. The van der Waals surface area contributed by atoms with Crippen molar-refractivity contribution in [3.05, 3.63) is 66.4 Å². The van der Waals surface area contributed by atoms with E-state index >= 15 is 0 Å². The second-order valence-corrected chi connectivity index (χ2v) is 5.64. The first-order valence-corrected chi connectivity index (χ1v) is 8.12. The molecule has 0 fully saturated rings. The molecule has 0 amide bonds. The molecule has 0 aliphatic rings. The molecule has 0 aliphatic carbocycles. The van der Waals surface area contributed by atoms with Crippen molar-refractivity contribution in [2.75, 3.05) is 6.61 Å². The van der Waals surface area contributed by atoms with Crippen LogP contribution in [0.2, 0.25) is 0 Å². The number of rotatable bonds is 7. The minimum Gasteiger partial charge on any atom is -0.491 e. The van der Waals surface area contributed by atoms with Gasteiger partial charge in [0.2, 0.25) is 0 Å². The zero-order valence-corrected chi connectivity index (χ0v) is 13.7. The Kier molecular flexibility index (Phi) is 5.29. The Hall–Kier alpha value is -2.59. The molecule has 1 unspecified atom stereocenters. The molecular formula is C20H21NO3. The summed E-state index contributed by atoms with van der Waals surface area (Å²) >= 11 is 0. The molecule has 2 aromatic carbocycles. The van der Waals surface area contributed by atoms with E-state index in [2.05, 4.69) is 4.98 Å². The third kappa shape index (κ3) is 4.03. The lowest BCUT2D eigenvalue weighted by Gasteiger charge is -2.12. The topological polar surface area (TPSA) is 51.6 Å². The Balaban J connectivity index is 1.68. The number of aliphatic hydroxyl groups excluding tert-OH is 1. The number of fused-ring (bicyclic) bond motifs is 1. The molecule has 0 saturated carbocycles. The van der Waals surface area contributed by atoms with E-state index < -0.39 is 6.10 Å². The average Bonchev–Trinajstić information content (AvgIpc) is 2.64. The minimum absolute atomic E-state index is 0.300. The lowest BCUT2D eigenvalue weighted by atomic mass is 10.2. The number of hydrogen-bond acceptors (Lipinski definition) is 4. The van der Waals surface area contributed by atoms with E-state index in [-0.39, 0.29) is 0 Å². The first-order chi connectivity index (χ1) is 11.8. The van der Waals surface area contributed by atoms with E-state index in [1.54, 1.807) is 6.20 Å². The summed E-state index contributed by atoms with van der Waals surface area (Å²) in [4.78, 5) is 4.39. The van der Waals surface area contributed by atoms with Crippen LogP contribution in [-0.2, 0) is 6.61 Å². The molecule has 1 aromatic heterocycles. The van der Waals surface area contributed by atoms with E-state index in [0.717, 1.165) is 28.0 Å². The predicted octanol–water partition coefficient (Wildman–Crippen LogP) is 3.96. The zero-order chi connectivity index (χ0) is 16.8. The van der Waals surface area contributed by atoms with Gasteiger partial charge in [-0.25, -0.2) is 0 Å². The van der Waals surface area contributed by atoms with Crippen molar-refractivity contribution in [2.24, 2.45) is 0 Å². The average molecular weight is 323 g/mol. The summed E-state index contributed by atoms with van der Waals surface area (Å²) < 4.78 is 11.5. The number of hydrogen-bond donors (Lipinski definition) is 1. The monoisotopic (exact) mass is 323 g/mol. The minimum atomic E-state index is -0.438. The molecule has 124 valence electrons. The highest BCUT2D eigenvalue weighted by Crippen LogP contribution is 2.24. The highest BCUT2D eigenvalue weighted by molar-refractivity contribution is 5.84. The molecular weight excluding hydrogens is 302 g/mol. The molecule has 0 bridgehead atoms. The number of aliphatic hydroxyl groups is 1. The summed E-state index contributed by atoms with van der Waals surface area (Å²) in [6, 6.07) is 17.6. The summed E-state index contributed by atoms with van der Waals surface area (Å²) in [5.74, 6) is 1.50. The maximum Gasteiger partial charge on any atom is 0.146 e. The summed E-state index contributed by atoms with van der Waals surface area (Å²) in [6.07, 6.45) is 2.01. The van der Waals surface area contributed by atoms with Gasteiger partial charge in [-0.1, -0.05) is 37.3 Å². The van der Waals surface area contributed by atoms with Gasteiger partial charge in [-0.3, -0.25) is 4.98 Å². The maximum absolute atomic E-state index is 9.58. The summed E-state index contributed by atoms with van der Waals surface area (Å²) in [6.45, 7) is 2.66. The van der Waals surface area contributed by atoms with Crippen molar-refractivity contribution in [1.82, 2.24) is 4.98 Å². The van der Waals surface area contributed by atoms with Gasteiger partial charge in [-0.2, -0.15) is 0 Å². The van der Waals surface area contributed by atoms with Crippen LogP contribution in [0.25, 0.3) is 10.9 Å². The van der Waals surface area contributed by atoms with Crippen LogP contribution >= 0.6 is 0 Å². The Bertz CT molecular complexity index is 798. The second kappa shape index (κ2) is 7.79. The molecule has 0 spiro atoms. The Labute approximate surface area is 141 Å². The molecule has 1 heterocycles. The van der Waals surface area contributed by atoms with E-state index in [9.17, 15) is 5.11 Å². The van der Waals surface area contributed by atoms with Crippen LogP contribution in [0.3, 0.4) is 0 Å². The number of ether oxygens (including phenoxy) is 2. The molecule has 4 nitrogen and oxygen atoms in total. The highest BCUT2D eigenvalue weighted by Gasteiger charge is 2.05. The van der Waals surface area contributed by atoms with Crippen molar-refractivity contribution in [3.63, 3.8) is 0 Å². The molecule has 0 saturated heterocycles. The summed E-state index contributed by atoms with van der Waals surface area (Å²) in [5, 5.41) is 10.6. The maximum atomic E-state index is 9.58. The van der Waals surface area contributed by atoms with Crippen molar-refractivity contribution >= 4 is 10.9 Å². The van der Waals surface area contributed by atoms with E-state index in [0.29, 0.717) is 19.6 Å². The summed E-state index contributed by atoms with van der Waals surface area (Å²) in [7, 11) is 0. The van der Waals surface area contributed by atoms with Gasteiger partial charge in [-0.15, -0.1) is 0 Å². The van der Waals surface area contributed by atoms with Gasteiger partial charge in [0.1, 0.15) is 30.2 Å². The van der Waals surface area contributed by atoms with Gasteiger partial charge >= 0.3 is 0 Å². The van der Waals surface area contributed by atoms with Crippen LogP contribution < -0.4 is 9.47 Å². The molecule has 4 heteroatoms. The number of benzene rings is 2. The van der Waals surface area contributed by atoms with Gasteiger partial charge in [0.25, 0.3) is 0 Å². The number of aromatic nitrogens is 1. The number of para-hydroxylation sites is 1. The number of pyridine rings is 1. The van der Waals surface area contributed by atoms with Gasteiger partial charge in [0, 0.05) is 11.6 Å². The predicted molar refractivity (Wildman–Crippen MR) is 94.3 cm³/mol. The van der Waals surface area contributed by atoms with E-state index in [4.69, 9.17) is 9.47 Å². The quantitative estimate of drug-likeness (QED) is 0.715. The van der Waals surface area contributed by atoms with Gasteiger partial charge in [0.15, 0.2) is 0 Å². The van der Waals surface area contributed by atoms with Gasteiger partial charge < -0.3 is 14.6 Å². The normalized spacial score (nSPS) is 12.1. The van der Waals surface area contributed by atoms with Crippen LogP contribution in [0.5, 0.6) is 11.5 Å². The molecule has 3 rings (SSSR count). The van der Waals surface area contributed by atoms with Crippen LogP contribution in [0, 0.1) is 0 Å². The van der Waals surface area contributed by atoms with Crippen LogP contribution in [0.4, 0.5) is 0 Å². The molecule has 3 aromatic rings. The molecule has 0 radical (unpaired) electrons. The SMILES string of the molecule is CCC(O)COc1cccc(COc2cccc3cccnc23)c1. The van der Waals surface area contributed by atoms with Crippen LogP contribution in [0.1, 0.15) is 18.9 Å². The third-order valence-corrected chi connectivity index (χ3v) is 3.80. The molecule has 24 heavy (non-hydrogen) atoms. The highest BCUT2D eigenvalue weighted by atomic mass is 16.5. The van der Waals surface area contributed by atoms with Crippen LogP contribution in [-0.4, -0.2) is 22.8 Å². The molecule has 0 aliphatic heterocycles. The Morgan fingerprint density at radius 2 is 1.88 bits per heavy atom. The molecule has 1 N–H and O–H groups in total. The largest absolute Gasteiger partial charge is 0.491 e. The number of nitrogens with zero attached hydrogens (tertiary/aromatic N) is 1. The lowest BCUT2D eigenvalue weighted by Crippen LogP contribution is -2.16. The van der Waals surface area contributed by atoms with Gasteiger partial charge in [0.05, 0.1) is 6.10 Å². The fraction of sp³-hybridized carbons (Fsp3) is 0.250. The third-order valence-electron chi connectivity index (χ3n) is 3.80. The van der Waals surface area contributed by atoms with Crippen molar-refractivity contribution < 1.29 is 14.6 Å². The van der Waals surface area contributed by atoms with Gasteiger partial charge in [-0.05, 0) is 36.2 Å². The standard InChI is InChI=1S/C20H21NO3/c1-2-17(22)14-23-18-9-3-6-15(12-18)13-24-19-10-4-7-16-8-5-11-21-20(16)19/h3-12,17,22H,2,13-14H2,1H3. The smallest absolute Gasteiger partial charge is 0.146 e. The first kappa shape index (κ1) is 16.3. The van der Waals surface area contributed by atoms with E-state index in [1.807, 2.05) is 61.5 Å². The second-order valence-electron chi connectivity index (χ2n) is 5.64. The summed E-state index contributed by atoms with van der Waals surface area (Å²) in [5.41, 5.74) is 1.87. The van der Waals surface area contributed by atoms with E-state index in [1.165, 1.54) is 0 Å². The Morgan fingerprint density at radius 1 is 1.04 bits per heavy atom. The van der Waals surface area contributed by atoms with Crippen molar-refractivity contribution in [3.8, 4) is 11.5 Å². The first-order valence-electron chi connectivity index (χ1n) is 8.12. The van der Waals surface area contributed by atoms with Crippen molar-refractivity contribution in [2.45, 2.75) is 26.1 Å². The fourth-order valence-electron chi connectivity index (χ4n) is 2.39. The zero-order valence-electron chi connectivity index (χ0n) is 13.7. The Morgan fingerprint density at radius 3 is 2.75 bits per heavy atom. The van der Waals surface area contributed by atoms with Crippen LogP contribution in [0.15, 0.2) is 60.8 Å². The van der Waals surface area contributed by atoms with Crippen molar-refractivity contribution in [1.29, 1.82) is 0 Å². The lowest BCUT2D eigenvalue weighted by molar-refractivity contribution is 0.104. The molecule has 1 atom stereocenters.